The van der Waals surface area contributed by atoms with Gasteiger partial charge in [0.2, 0.25) is 0 Å². The van der Waals surface area contributed by atoms with Gasteiger partial charge in [-0.1, -0.05) is 17.7 Å². The lowest BCUT2D eigenvalue weighted by Crippen LogP contribution is -2.14. The van der Waals surface area contributed by atoms with E-state index in [1.807, 2.05) is 0 Å². The van der Waals surface area contributed by atoms with Crippen LogP contribution in [-0.4, -0.2) is 20.5 Å². The van der Waals surface area contributed by atoms with Gasteiger partial charge in [-0.15, -0.1) is 0 Å². The van der Waals surface area contributed by atoms with Crippen LogP contribution in [0.1, 0.15) is 5.56 Å². The fourth-order valence-electron chi connectivity index (χ4n) is 1.86. The van der Waals surface area contributed by atoms with Crippen LogP contribution in [0.15, 0.2) is 41.3 Å². The summed E-state index contributed by atoms with van der Waals surface area (Å²) in [5.74, 6) is 0.189. The molecule has 0 saturated carbocycles. The Balaban J connectivity index is 2.47. The van der Waals surface area contributed by atoms with Crippen molar-refractivity contribution in [1.82, 2.24) is 0 Å². The summed E-state index contributed by atoms with van der Waals surface area (Å²) >= 11 is 5.95. The maximum absolute atomic E-state index is 12.4. The molecule has 23 heavy (non-hydrogen) atoms. The number of nitrogens with one attached hydrogen (secondary N) is 1. The fourth-order valence-corrected chi connectivity index (χ4v) is 3.24. The lowest BCUT2D eigenvalue weighted by atomic mass is 10.2. The van der Waals surface area contributed by atoms with Gasteiger partial charge in [-0.3, -0.25) is 14.8 Å². The molecule has 2 rings (SSSR count). The summed E-state index contributed by atoms with van der Waals surface area (Å²) < 4.78 is 32.0. The van der Waals surface area contributed by atoms with Crippen molar-refractivity contribution in [2.75, 3.05) is 11.8 Å². The van der Waals surface area contributed by atoms with E-state index in [9.17, 15) is 18.5 Å². The van der Waals surface area contributed by atoms with Crippen LogP contribution in [0.2, 0.25) is 5.02 Å². The lowest BCUT2D eigenvalue weighted by molar-refractivity contribution is -0.387. The number of halogens is 1. The molecular weight excluding hydrogens is 344 g/mol. The smallest absolute Gasteiger partial charge is 0.293 e. The molecule has 0 saturated heterocycles. The number of nitrogens with zero attached hydrogens (tertiary/aromatic N) is 1. The van der Waals surface area contributed by atoms with E-state index >= 15 is 0 Å². The van der Waals surface area contributed by atoms with Crippen LogP contribution in [0.3, 0.4) is 0 Å². The second-order valence-corrected chi connectivity index (χ2v) is 6.72. The summed E-state index contributed by atoms with van der Waals surface area (Å²) in [4.78, 5) is 9.89. The Kier molecular flexibility index (Phi) is 4.76. The molecule has 0 amide bonds. The molecule has 1 N–H and O–H groups in total. The molecule has 9 heteroatoms. The summed E-state index contributed by atoms with van der Waals surface area (Å²) in [5, 5.41) is 11.5. The topological polar surface area (TPSA) is 98.5 Å². The average molecular weight is 357 g/mol. The highest BCUT2D eigenvalue weighted by molar-refractivity contribution is 7.92. The van der Waals surface area contributed by atoms with E-state index in [1.165, 1.54) is 25.3 Å². The average Bonchev–Trinajstić information content (AvgIpc) is 2.50. The standard InChI is InChI=1S/C14H13ClN2O5S/c1-9-3-4-10(7-12(9)15)16-23(20,21)14-6-5-11(22-2)8-13(14)17(18)19/h3-8,16H,1-2H3. The Morgan fingerprint density at radius 2 is 1.91 bits per heavy atom. The molecule has 2 aromatic carbocycles. The van der Waals surface area contributed by atoms with Gasteiger partial charge in [-0.05, 0) is 36.8 Å². The number of sulfonamides is 1. The molecule has 7 nitrogen and oxygen atoms in total. The van der Waals surface area contributed by atoms with Gasteiger partial charge in [0.25, 0.3) is 15.7 Å². The summed E-state index contributed by atoms with van der Waals surface area (Å²) in [6.45, 7) is 1.77. The number of benzene rings is 2. The predicted octanol–water partition coefficient (Wildman–Crippen LogP) is 3.37. The molecule has 0 heterocycles. The quantitative estimate of drug-likeness (QED) is 0.654. The maximum atomic E-state index is 12.4. The second kappa shape index (κ2) is 6.43. The molecule has 0 aliphatic carbocycles. The maximum Gasteiger partial charge on any atom is 0.293 e. The van der Waals surface area contributed by atoms with Gasteiger partial charge >= 0.3 is 0 Å². The summed E-state index contributed by atoms with van der Waals surface area (Å²) in [7, 11) is -2.82. The van der Waals surface area contributed by atoms with Crippen LogP contribution in [0.4, 0.5) is 11.4 Å². The van der Waals surface area contributed by atoms with E-state index in [1.54, 1.807) is 13.0 Å². The van der Waals surface area contributed by atoms with Crippen molar-refractivity contribution in [3.05, 3.63) is 57.1 Å². The SMILES string of the molecule is COc1ccc(S(=O)(=O)Nc2ccc(C)c(Cl)c2)c([N+](=O)[O-])c1. The minimum atomic E-state index is -4.15. The number of ether oxygens (including phenoxy) is 1. The molecule has 0 aromatic heterocycles. The van der Waals surface area contributed by atoms with Gasteiger partial charge in [0, 0.05) is 5.02 Å². The van der Waals surface area contributed by atoms with Crippen molar-refractivity contribution >= 4 is 33.0 Å². The molecule has 122 valence electrons. The Labute approximate surface area is 138 Å². The van der Waals surface area contributed by atoms with Gasteiger partial charge < -0.3 is 4.74 Å². The summed E-state index contributed by atoms with van der Waals surface area (Å²) in [6.07, 6.45) is 0. The number of nitro groups is 1. The molecule has 0 fully saturated rings. The highest BCUT2D eigenvalue weighted by Crippen LogP contribution is 2.30. The van der Waals surface area contributed by atoms with Crippen molar-refractivity contribution in [1.29, 1.82) is 0 Å². The first-order chi connectivity index (χ1) is 10.7. The predicted molar refractivity (Wildman–Crippen MR) is 86.6 cm³/mol. The first-order valence-corrected chi connectivity index (χ1v) is 8.22. The van der Waals surface area contributed by atoms with Crippen LogP contribution in [0.25, 0.3) is 0 Å². The molecular formula is C14H13ClN2O5S. The number of hydrogen-bond acceptors (Lipinski definition) is 5. The van der Waals surface area contributed by atoms with Crippen LogP contribution >= 0.6 is 11.6 Å². The van der Waals surface area contributed by atoms with Gasteiger partial charge in [0.1, 0.15) is 5.75 Å². The second-order valence-electron chi connectivity index (χ2n) is 4.66. The third kappa shape index (κ3) is 3.72. The zero-order valence-corrected chi connectivity index (χ0v) is 13.8. The molecule has 0 bridgehead atoms. The first-order valence-electron chi connectivity index (χ1n) is 6.36. The van der Waals surface area contributed by atoms with Crippen molar-refractivity contribution < 1.29 is 18.1 Å². The van der Waals surface area contributed by atoms with Crippen molar-refractivity contribution in [2.45, 2.75) is 11.8 Å². The number of anilines is 1. The van der Waals surface area contributed by atoms with E-state index in [0.717, 1.165) is 17.7 Å². The molecule has 0 radical (unpaired) electrons. The van der Waals surface area contributed by atoms with E-state index in [0.29, 0.717) is 5.02 Å². The number of rotatable bonds is 5. The monoisotopic (exact) mass is 356 g/mol. The Morgan fingerprint density at radius 1 is 1.22 bits per heavy atom. The Morgan fingerprint density at radius 3 is 2.48 bits per heavy atom. The lowest BCUT2D eigenvalue weighted by Gasteiger charge is -2.10. The van der Waals surface area contributed by atoms with E-state index in [2.05, 4.69) is 4.72 Å². The molecule has 0 spiro atoms. The summed E-state index contributed by atoms with van der Waals surface area (Å²) in [5.41, 5.74) is 0.422. The number of hydrogen-bond donors (Lipinski definition) is 1. The largest absolute Gasteiger partial charge is 0.497 e. The van der Waals surface area contributed by atoms with E-state index in [4.69, 9.17) is 16.3 Å². The van der Waals surface area contributed by atoms with Crippen molar-refractivity contribution in [3.8, 4) is 5.75 Å². The van der Waals surface area contributed by atoms with Crippen LogP contribution < -0.4 is 9.46 Å². The van der Waals surface area contributed by atoms with Gasteiger partial charge in [-0.25, -0.2) is 8.42 Å². The minimum Gasteiger partial charge on any atom is -0.497 e. The molecule has 0 aliphatic rings. The normalized spacial score (nSPS) is 11.1. The number of nitro benzene ring substituents is 1. The highest BCUT2D eigenvalue weighted by atomic mass is 35.5. The Hall–Kier alpha value is -2.32. The summed E-state index contributed by atoms with van der Waals surface area (Å²) in [6, 6.07) is 8.11. The van der Waals surface area contributed by atoms with Gasteiger partial charge in [0.15, 0.2) is 4.90 Å². The minimum absolute atomic E-state index is 0.189. The zero-order chi connectivity index (χ0) is 17.2. The molecule has 2 aromatic rings. The van der Waals surface area contributed by atoms with Gasteiger partial charge in [-0.2, -0.15) is 0 Å². The molecule has 0 aliphatic heterocycles. The Bertz CT molecular complexity index is 867. The van der Waals surface area contributed by atoms with Crippen molar-refractivity contribution in [2.24, 2.45) is 0 Å². The third-order valence-corrected chi connectivity index (χ3v) is 4.91. The molecule has 0 atom stereocenters. The van der Waals surface area contributed by atoms with E-state index in [-0.39, 0.29) is 11.4 Å². The first kappa shape index (κ1) is 17.0. The third-order valence-electron chi connectivity index (χ3n) is 3.08. The van der Waals surface area contributed by atoms with Crippen LogP contribution in [0.5, 0.6) is 5.75 Å². The number of methoxy groups -OCH3 is 1. The van der Waals surface area contributed by atoms with Crippen LogP contribution in [0, 0.1) is 17.0 Å². The van der Waals surface area contributed by atoms with Crippen LogP contribution in [-0.2, 0) is 10.0 Å². The van der Waals surface area contributed by atoms with Crippen molar-refractivity contribution in [3.63, 3.8) is 0 Å². The van der Waals surface area contributed by atoms with E-state index < -0.39 is 25.5 Å². The fraction of sp³-hybridized carbons (Fsp3) is 0.143. The zero-order valence-electron chi connectivity index (χ0n) is 12.2. The highest BCUT2D eigenvalue weighted by Gasteiger charge is 2.26. The molecule has 0 unspecified atom stereocenters. The van der Waals surface area contributed by atoms with Gasteiger partial charge in [0.05, 0.1) is 23.8 Å². The number of aryl methyl sites for hydroxylation is 1.